The zero-order valence-electron chi connectivity index (χ0n) is 11.6. The van der Waals surface area contributed by atoms with Crippen molar-refractivity contribution in [1.82, 2.24) is 20.4 Å². The molecular weight excluding hydrogens is 289 g/mol. The van der Waals surface area contributed by atoms with Crippen LogP contribution in [0.5, 0.6) is 5.88 Å². The predicted molar refractivity (Wildman–Crippen MR) is 69.4 cm³/mol. The molecular formula is C11H15F3N6O. The van der Waals surface area contributed by atoms with Crippen LogP contribution in [0.4, 0.5) is 13.2 Å². The van der Waals surface area contributed by atoms with Gasteiger partial charge in [0.2, 0.25) is 11.7 Å². The van der Waals surface area contributed by atoms with Crippen molar-refractivity contribution in [2.75, 3.05) is 14.2 Å². The molecule has 1 aromatic rings. The van der Waals surface area contributed by atoms with E-state index in [-0.39, 0.29) is 5.82 Å². The van der Waals surface area contributed by atoms with Gasteiger partial charge in [0.15, 0.2) is 0 Å². The molecule has 0 spiro atoms. The highest BCUT2D eigenvalue weighted by Crippen LogP contribution is 2.33. The van der Waals surface area contributed by atoms with Crippen LogP contribution in [0, 0.1) is 0 Å². The zero-order chi connectivity index (χ0) is 15.8. The van der Waals surface area contributed by atoms with Crippen LogP contribution in [0.15, 0.2) is 22.6 Å². The summed E-state index contributed by atoms with van der Waals surface area (Å²) in [4.78, 5) is 3.79. The number of aromatic nitrogens is 2. The van der Waals surface area contributed by atoms with Crippen molar-refractivity contribution in [1.29, 1.82) is 0 Å². The van der Waals surface area contributed by atoms with Crippen LogP contribution in [-0.4, -0.2) is 36.3 Å². The third-order valence-corrected chi connectivity index (χ3v) is 3.03. The lowest BCUT2D eigenvalue weighted by Crippen LogP contribution is -2.53. The minimum absolute atomic E-state index is 0.272. The maximum absolute atomic E-state index is 12.9. The molecule has 0 radical (unpaired) electrons. The summed E-state index contributed by atoms with van der Waals surface area (Å²) in [5, 5.41) is 8.94. The molecule has 0 aromatic carbocycles. The Labute approximate surface area is 118 Å². The fraction of sp³-hybridized carbons (Fsp3) is 0.455. The molecule has 0 saturated heterocycles. The van der Waals surface area contributed by atoms with Crippen molar-refractivity contribution >= 4 is 6.21 Å². The molecule has 1 unspecified atom stereocenters. The van der Waals surface area contributed by atoms with Crippen molar-refractivity contribution in [3.8, 4) is 5.88 Å². The fourth-order valence-corrected chi connectivity index (χ4v) is 2.00. The number of aryl methyl sites for hydroxylation is 1. The van der Waals surface area contributed by atoms with Crippen molar-refractivity contribution in [2.24, 2.45) is 17.8 Å². The second kappa shape index (κ2) is 4.95. The first-order valence-corrected chi connectivity index (χ1v) is 5.91. The van der Waals surface area contributed by atoms with Crippen molar-refractivity contribution in [3.63, 3.8) is 0 Å². The Morgan fingerprint density at radius 1 is 1.48 bits per heavy atom. The third-order valence-electron chi connectivity index (χ3n) is 3.03. The number of aliphatic imine (C=N–C) groups is 1. The number of ether oxygens (including phenoxy) is 1. The molecule has 1 aliphatic rings. The number of nitrogens with zero attached hydrogens (tertiary/aromatic N) is 3. The molecule has 1 aliphatic heterocycles. The molecule has 7 nitrogen and oxygen atoms in total. The average Bonchev–Trinajstić information content (AvgIpc) is 2.78. The molecule has 4 N–H and O–H groups in total. The van der Waals surface area contributed by atoms with E-state index in [1.807, 2.05) is 0 Å². The lowest BCUT2D eigenvalue weighted by molar-refractivity contribution is -0.0875. The molecule has 10 heteroatoms. The van der Waals surface area contributed by atoms with Crippen LogP contribution >= 0.6 is 0 Å². The number of halogens is 3. The van der Waals surface area contributed by atoms with E-state index in [1.165, 1.54) is 25.0 Å². The van der Waals surface area contributed by atoms with Gasteiger partial charge >= 0.3 is 6.18 Å². The Kier molecular flexibility index (Phi) is 3.58. The van der Waals surface area contributed by atoms with Gasteiger partial charge in [-0.05, 0) is 0 Å². The molecule has 2 heterocycles. The van der Waals surface area contributed by atoms with E-state index in [1.54, 1.807) is 7.05 Å². The molecule has 21 heavy (non-hydrogen) atoms. The molecule has 2 rings (SSSR count). The fourth-order valence-electron chi connectivity index (χ4n) is 2.00. The van der Waals surface area contributed by atoms with E-state index in [0.717, 1.165) is 0 Å². The van der Waals surface area contributed by atoms with Crippen LogP contribution in [0.25, 0.3) is 0 Å². The predicted octanol–water partition coefficient (Wildman–Crippen LogP) is 0.165. The van der Waals surface area contributed by atoms with Gasteiger partial charge in [0.25, 0.3) is 0 Å². The van der Waals surface area contributed by atoms with Gasteiger partial charge in [0, 0.05) is 20.3 Å². The molecule has 1 aromatic heterocycles. The first-order chi connectivity index (χ1) is 9.73. The van der Waals surface area contributed by atoms with Gasteiger partial charge in [-0.25, -0.2) is 9.67 Å². The summed E-state index contributed by atoms with van der Waals surface area (Å²) < 4.78 is 45.2. The van der Waals surface area contributed by atoms with E-state index >= 15 is 0 Å². The summed E-state index contributed by atoms with van der Waals surface area (Å²) in [6.45, 7) is 0. The lowest BCUT2D eigenvalue weighted by atomic mass is 10.1. The van der Waals surface area contributed by atoms with Crippen LogP contribution in [0.3, 0.4) is 0 Å². The monoisotopic (exact) mass is 304 g/mol. The molecule has 0 bridgehead atoms. The number of nitrogens with one attached hydrogen (secondary N) is 2. The number of alkyl halides is 3. The maximum Gasteiger partial charge on any atom is 0.421 e. The smallest absolute Gasteiger partial charge is 0.421 e. The minimum atomic E-state index is -4.55. The van der Waals surface area contributed by atoms with Gasteiger partial charge in [0.05, 0.1) is 18.9 Å². The second-order valence-corrected chi connectivity index (χ2v) is 4.38. The number of rotatable bonds is 3. The lowest BCUT2D eigenvalue weighted by Gasteiger charge is -2.32. The van der Waals surface area contributed by atoms with Gasteiger partial charge in [-0.1, -0.05) is 0 Å². The summed E-state index contributed by atoms with van der Waals surface area (Å²) in [5.74, 6) is -1.58. The maximum atomic E-state index is 12.9. The summed E-state index contributed by atoms with van der Waals surface area (Å²) >= 11 is 0. The highest BCUT2D eigenvalue weighted by atomic mass is 19.4. The standard InChI is InChI=1S/C11H15F3N6O/c1-16-8-6(10(12,13)14)4-17-11(15,19-8)7-5-18-20(2)9(7)21-3/h4-5,16,19H,15H2,1-3H3. The highest BCUT2D eigenvalue weighted by molar-refractivity contribution is 5.82. The van der Waals surface area contributed by atoms with Crippen molar-refractivity contribution in [2.45, 2.75) is 12.0 Å². The Balaban J connectivity index is 2.45. The van der Waals surface area contributed by atoms with Crippen molar-refractivity contribution < 1.29 is 17.9 Å². The number of nitrogens with two attached hydrogens (primary N) is 1. The third kappa shape index (κ3) is 2.53. The average molecular weight is 304 g/mol. The van der Waals surface area contributed by atoms with Gasteiger partial charge < -0.3 is 15.4 Å². The Hall–Kier alpha value is -2.23. The normalized spacial score (nSPS) is 22.2. The second-order valence-electron chi connectivity index (χ2n) is 4.38. The summed E-state index contributed by atoms with van der Waals surface area (Å²) in [6.07, 6.45) is -2.47. The number of hydrogen-bond acceptors (Lipinski definition) is 6. The van der Waals surface area contributed by atoms with E-state index in [4.69, 9.17) is 10.5 Å². The molecule has 0 aliphatic carbocycles. The summed E-state index contributed by atoms with van der Waals surface area (Å²) in [6, 6.07) is 0. The van der Waals surface area contributed by atoms with Crippen LogP contribution < -0.4 is 21.1 Å². The first kappa shape index (κ1) is 15.2. The van der Waals surface area contributed by atoms with Gasteiger partial charge in [-0.3, -0.25) is 5.73 Å². The molecule has 1 atom stereocenters. The van der Waals surface area contributed by atoms with E-state index < -0.39 is 17.5 Å². The van der Waals surface area contributed by atoms with Crippen LogP contribution in [0.2, 0.25) is 0 Å². The molecule has 0 amide bonds. The van der Waals surface area contributed by atoms with Crippen LogP contribution in [0.1, 0.15) is 5.56 Å². The minimum Gasteiger partial charge on any atom is -0.481 e. The number of allylic oxidation sites excluding steroid dienone is 1. The quantitative estimate of drug-likeness (QED) is 0.740. The number of hydrogen-bond donors (Lipinski definition) is 3. The Morgan fingerprint density at radius 3 is 2.67 bits per heavy atom. The number of methoxy groups -OCH3 is 1. The molecule has 0 saturated carbocycles. The van der Waals surface area contributed by atoms with E-state index in [9.17, 15) is 13.2 Å². The van der Waals surface area contributed by atoms with E-state index in [2.05, 4.69) is 20.7 Å². The topological polar surface area (TPSA) is 89.5 Å². The first-order valence-electron chi connectivity index (χ1n) is 5.91. The van der Waals surface area contributed by atoms with Crippen LogP contribution in [-0.2, 0) is 12.8 Å². The summed E-state index contributed by atoms with van der Waals surface area (Å²) in [5.41, 5.74) is 5.44. The van der Waals surface area contributed by atoms with Gasteiger partial charge in [-0.2, -0.15) is 18.3 Å². The largest absolute Gasteiger partial charge is 0.481 e. The zero-order valence-corrected chi connectivity index (χ0v) is 11.6. The summed E-state index contributed by atoms with van der Waals surface area (Å²) in [7, 11) is 4.38. The van der Waals surface area contributed by atoms with Gasteiger partial charge in [0.1, 0.15) is 11.4 Å². The van der Waals surface area contributed by atoms with Crippen molar-refractivity contribution in [3.05, 3.63) is 23.2 Å². The van der Waals surface area contributed by atoms with E-state index in [0.29, 0.717) is 17.7 Å². The van der Waals surface area contributed by atoms with Gasteiger partial charge in [-0.15, -0.1) is 0 Å². The highest BCUT2D eigenvalue weighted by Gasteiger charge is 2.42. The SMILES string of the molecule is CNC1=C(C(F)(F)F)C=NC(N)(c2cnn(C)c2OC)N1. The Morgan fingerprint density at radius 2 is 2.14 bits per heavy atom. The molecule has 116 valence electrons. The Bertz CT molecular complexity index is 606. The molecule has 0 fully saturated rings.